The Balaban J connectivity index is 1.15. The molecule has 172 valence electrons. The van der Waals surface area contributed by atoms with Crippen molar-refractivity contribution in [3.8, 4) is 0 Å². The van der Waals surface area contributed by atoms with Crippen LogP contribution in [0.25, 0.3) is 0 Å². The van der Waals surface area contributed by atoms with Gasteiger partial charge in [0.1, 0.15) is 0 Å². The largest absolute Gasteiger partial charge is 0.378 e. The van der Waals surface area contributed by atoms with Gasteiger partial charge in [0.25, 0.3) is 0 Å². The summed E-state index contributed by atoms with van der Waals surface area (Å²) < 4.78 is 0. The summed E-state index contributed by atoms with van der Waals surface area (Å²) in [6, 6.07) is 8.36. The Morgan fingerprint density at radius 2 is 1.35 bits per heavy atom. The number of anilines is 1. The van der Waals surface area contributed by atoms with Gasteiger partial charge in [0.05, 0.1) is 22.8 Å². The van der Waals surface area contributed by atoms with Crippen molar-refractivity contribution in [1.29, 1.82) is 0 Å². The third-order valence-corrected chi connectivity index (χ3v) is 6.95. The third kappa shape index (κ3) is 3.86. The van der Waals surface area contributed by atoms with Gasteiger partial charge < -0.3 is 14.7 Å². The monoisotopic (exact) mass is 451 g/mol. The summed E-state index contributed by atoms with van der Waals surface area (Å²) in [4.78, 5) is 26.4. The normalized spacial score (nSPS) is 21.9. The van der Waals surface area contributed by atoms with E-state index in [-0.39, 0.29) is 0 Å². The Kier molecular flexibility index (Phi) is 5.14. The summed E-state index contributed by atoms with van der Waals surface area (Å²) in [5, 5.41) is 0. The molecule has 1 saturated heterocycles. The number of rotatable bonds is 4. The van der Waals surface area contributed by atoms with E-state index < -0.39 is 0 Å². The molecule has 0 unspecified atom stereocenters. The summed E-state index contributed by atoms with van der Waals surface area (Å²) in [6.07, 6.45) is 10.1. The van der Waals surface area contributed by atoms with Crippen LogP contribution in [0.3, 0.4) is 0 Å². The summed E-state index contributed by atoms with van der Waals surface area (Å²) in [7, 11) is 6.27. The summed E-state index contributed by atoms with van der Waals surface area (Å²) in [6.45, 7) is 4.36. The Morgan fingerprint density at radius 3 is 2.09 bits per heavy atom. The van der Waals surface area contributed by atoms with Crippen molar-refractivity contribution < 1.29 is 0 Å². The molecule has 0 saturated carbocycles. The molecule has 6 rings (SSSR count). The van der Waals surface area contributed by atoms with Crippen LogP contribution >= 0.6 is 0 Å². The van der Waals surface area contributed by atoms with Crippen LogP contribution < -0.4 is 4.90 Å². The SMILES string of the molecule is CN1CCN(C2=CC=C3N=C(C4=CC=C5N=C(c6ccc(N(C)C)cc6)N=C5C4)N=C3C2)CC1. The van der Waals surface area contributed by atoms with Gasteiger partial charge in [-0.2, -0.15) is 0 Å². The predicted octanol–water partition coefficient (Wildman–Crippen LogP) is 3.44. The first kappa shape index (κ1) is 21.0. The highest BCUT2D eigenvalue weighted by Crippen LogP contribution is 2.30. The molecule has 0 radical (unpaired) electrons. The topological polar surface area (TPSA) is 59.2 Å². The first-order chi connectivity index (χ1) is 16.5. The number of hydrogen-bond acceptors (Lipinski definition) is 7. The van der Waals surface area contributed by atoms with Crippen molar-refractivity contribution in [2.75, 3.05) is 52.2 Å². The lowest BCUT2D eigenvalue weighted by atomic mass is 10.0. The highest BCUT2D eigenvalue weighted by atomic mass is 15.3. The standard InChI is InChI=1S/C27H29N7/c1-32(2)20-7-4-18(5-8-20)26-28-22-10-6-19(16-24(22)30-26)27-29-23-11-9-21(17-25(23)31-27)34-14-12-33(3)13-15-34/h4-11H,12-17H2,1-3H3. The number of fused-ring (bicyclic) bond motifs is 2. The second-order valence-corrected chi connectivity index (χ2v) is 9.53. The molecule has 0 amide bonds. The molecule has 0 N–H and O–H groups in total. The van der Waals surface area contributed by atoms with Crippen molar-refractivity contribution in [3.05, 3.63) is 76.8 Å². The summed E-state index contributed by atoms with van der Waals surface area (Å²) in [5.74, 6) is 1.59. The minimum absolute atomic E-state index is 0.705. The Morgan fingerprint density at radius 1 is 0.706 bits per heavy atom. The van der Waals surface area contributed by atoms with Crippen molar-refractivity contribution in [3.63, 3.8) is 0 Å². The summed E-state index contributed by atoms with van der Waals surface area (Å²) >= 11 is 0. The van der Waals surface area contributed by atoms with E-state index in [1.165, 1.54) is 5.70 Å². The second kappa shape index (κ2) is 8.33. The third-order valence-electron chi connectivity index (χ3n) is 6.95. The molecule has 0 atom stereocenters. The number of benzene rings is 1. The number of hydrogen-bond donors (Lipinski definition) is 0. The van der Waals surface area contributed by atoms with E-state index in [0.717, 1.165) is 83.9 Å². The molecule has 0 bridgehead atoms. The van der Waals surface area contributed by atoms with E-state index in [2.05, 4.69) is 64.2 Å². The first-order valence-corrected chi connectivity index (χ1v) is 11.9. The number of allylic oxidation sites excluding steroid dienone is 7. The van der Waals surface area contributed by atoms with Gasteiger partial charge in [-0.1, -0.05) is 6.08 Å². The average Bonchev–Trinajstić information content (AvgIpc) is 3.48. The minimum Gasteiger partial charge on any atom is -0.378 e. The molecule has 34 heavy (non-hydrogen) atoms. The first-order valence-electron chi connectivity index (χ1n) is 11.9. The van der Waals surface area contributed by atoms with Crippen molar-refractivity contribution >= 4 is 28.8 Å². The molecule has 7 heteroatoms. The van der Waals surface area contributed by atoms with Crippen LogP contribution in [-0.2, 0) is 0 Å². The molecule has 5 aliphatic rings. The van der Waals surface area contributed by atoms with E-state index in [1.54, 1.807) is 0 Å². The van der Waals surface area contributed by atoms with Gasteiger partial charge in [-0.15, -0.1) is 0 Å². The van der Waals surface area contributed by atoms with Gasteiger partial charge in [0.15, 0.2) is 11.7 Å². The highest BCUT2D eigenvalue weighted by molar-refractivity contribution is 6.24. The van der Waals surface area contributed by atoms with Crippen LogP contribution in [0, 0.1) is 0 Å². The van der Waals surface area contributed by atoms with Crippen molar-refractivity contribution in [2.24, 2.45) is 20.0 Å². The number of piperazine rings is 1. The smallest absolute Gasteiger partial charge is 0.160 e. The van der Waals surface area contributed by atoms with Crippen LogP contribution in [0.15, 0.2) is 91.2 Å². The fraction of sp³-hybridized carbons (Fsp3) is 0.333. The molecule has 3 heterocycles. The van der Waals surface area contributed by atoms with Gasteiger partial charge in [-0.25, -0.2) is 20.0 Å². The zero-order valence-corrected chi connectivity index (χ0v) is 20.0. The van der Waals surface area contributed by atoms with Gasteiger partial charge in [-0.3, -0.25) is 0 Å². The molecule has 1 fully saturated rings. The molecule has 1 aromatic rings. The zero-order valence-electron chi connectivity index (χ0n) is 20.0. The Hall–Kier alpha value is -3.58. The molecule has 7 nitrogen and oxygen atoms in total. The van der Waals surface area contributed by atoms with E-state index in [4.69, 9.17) is 20.0 Å². The lowest BCUT2D eigenvalue weighted by molar-refractivity contribution is 0.185. The van der Waals surface area contributed by atoms with Gasteiger partial charge in [-0.05, 0) is 49.5 Å². The predicted molar refractivity (Wildman–Crippen MR) is 140 cm³/mol. The quantitative estimate of drug-likeness (QED) is 0.705. The lowest BCUT2D eigenvalue weighted by Gasteiger charge is -2.36. The molecular weight excluding hydrogens is 422 g/mol. The lowest BCUT2D eigenvalue weighted by Crippen LogP contribution is -2.44. The van der Waals surface area contributed by atoms with E-state index in [9.17, 15) is 0 Å². The molecule has 0 aromatic heterocycles. The van der Waals surface area contributed by atoms with Gasteiger partial charge >= 0.3 is 0 Å². The second-order valence-electron chi connectivity index (χ2n) is 9.53. The van der Waals surface area contributed by atoms with Crippen molar-refractivity contribution in [1.82, 2.24) is 9.80 Å². The number of nitrogens with zero attached hydrogens (tertiary/aromatic N) is 7. The summed E-state index contributed by atoms with van der Waals surface area (Å²) in [5.41, 5.74) is 8.66. The maximum absolute atomic E-state index is 4.94. The molecule has 3 aliphatic heterocycles. The van der Waals surface area contributed by atoms with Gasteiger partial charge in [0, 0.05) is 75.6 Å². The number of amidine groups is 2. The van der Waals surface area contributed by atoms with Crippen LogP contribution in [-0.4, -0.2) is 80.2 Å². The maximum Gasteiger partial charge on any atom is 0.160 e. The number of likely N-dealkylation sites (N-methyl/N-ethyl adjacent to an activating group) is 1. The van der Waals surface area contributed by atoms with Gasteiger partial charge in [0.2, 0.25) is 0 Å². The Bertz CT molecular complexity index is 1270. The zero-order chi connectivity index (χ0) is 23.2. The van der Waals surface area contributed by atoms with E-state index in [0.29, 0.717) is 6.42 Å². The average molecular weight is 452 g/mol. The molecular formula is C27H29N7. The van der Waals surface area contributed by atoms with Crippen LogP contribution in [0.5, 0.6) is 0 Å². The molecule has 2 aliphatic carbocycles. The van der Waals surface area contributed by atoms with E-state index in [1.807, 2.05) is 20.2 Å². The fourth-order valence-electron chi connectivity index (χ4n) is 4.77. The highest BCUT2D eigenvalue weighted by Gasteiger charge is 2.28. The maximum atomic E-state index is 4.94. The van der Waals surface area contributed by atoms with Crippen LogP contribution in [0.4, 0.5) is 5.69 Å². The molecule has 0 spiro atoms. The Labute approximate surface area is 200 Å². The fourth-order valence-corrected chi connectivity index (χ4v) is 4.77. The van der Waals surface area contributed by atoms with Crippen LogP contribution in [0.1, 0.15) is 18.4 Å². The number of aliphatic imine (C=N–C) groups is 4. The molecule has 1 aromatic carbocycles. The van der Waals surface area contributed by atoms with Crippen LogP contribution in [0.2, 0.25) is 0 Å². The van der Waals surface area contributed by atoms with E-state index >= 15 is 0 Å². The van der Waals surface area contributed by atoms with Crippen molar-refractivity contribution in [2.45, 2.75) is 12.8 Å². The minimum atomic E-state index is 0.705.